The van der Waals surface area contributed by atoms with Crippen LogP contribution >= 0.6 is 0 Å². The van der Waals surface area contributed by atoms with Gasteiger partial charge in [0.2, 0.25) is 5.91 Å². The molecule has 138 valence electrons. The molecular weight excluding hydrogens is 310 g/mol. The average Bonchev–Trinajstić information content (AvgIpc) is 2.90. The Morgan fingerprint density at radius 3 is 2.28 bits per heavy atom. The quantitative estimate of drug-likeness (QED) is 0.789. The minimum Gasteiger partial charge on any atom is -0.372 e. The van der Waals surface area contributed by atoms with Gasteiger partial charge < -0.3 is 15.5 Å². The van der Waals surface area contributed by atoms with E-state index in [9.17, 15) is 4.79 Å². The SMILES string of the molecule is CC1CCN(c2ccc(NC(=O)CNC3CCCCCC3)cc2)CC1. The van der Waals surface area contributed by atoms with Crippen LogP contribution in [0.15, 0.2) is 24.3 Å². The Hall–Kier alpha value is -1.55. The van der Waals surface area contributed by atoms with Gasteiger partial charge in [-0.05, 0) is 55.9 Å². The van der Waals surface area contributed by atoms with E-state index >= 15 is 0 Å². The first-order chi connectivity index (χ1) is 12.2. The van der Waals surface area contributed by atoms with Crippen molar-refractivity contribution in [1.82, 2.24) is 5.32 Å². The summed E-state index contributed by atoms with van der Waals surface area (Å²) in [5, 5.41) is 6.44. The molecule has 1 saturated heterocycles. The lowest BCUT2D eigenvalue weighted by Gasteiger charge is -2.32. The Bertz CT molecular complexity index is 527. The van der Waals surface area contributed by atoms with Crippen molar-refractivity contribution in [3.8, 4) is 0 Å². The standard InChI is InChI=1S/C21H33N3O/c1-17-12-14-24(15-13-17)20-10-8-19(9-11-20)23-21(25)16-22-18-6-4-2-3-5-7-18/h8-11,17-18,22H,2-7,12-16H2,1H3,(H,23,25). The summed E-state index contributed by atoms with van der Waals surface area (Å²) in [6.45, 7) is 5.02. The van der Waals surface area contributed by atoms with Crippen LogP contribution in [-0.2, 0) is 4.79 Å². The molecular formula is C21H33N3O. The lowest BCUT2D eigenvalue weighted by atomic mass is 9.99. The highest BCUT2D eigenvalue weighted by atomic mass is 16.1. The van der Waals surface area contributed by atoms with Crippen LogP contribution in [0.4, 0.5) is 11.4 Å². The number of carbonyl (C=O) groups excluding carboxylic acids is 1. The number of piperidine rings is 1. The van der Waals surface area contributed by atoms with Gasteiger partial charge in [-0.15, -0.1) is 0 Å². The van der Waals surface area contributed by atoms with E-state index in [1.165, 1.54) is 57.1 Å². The van der Waals surface area contributed by atoms with E-state index in [-0.39, 0.29) is 5.91 Å². The van der Waals surface area contributed by atoms with E-state index in [0.29, 0.717) is 12.6 Å². The minimum absolute atomic E-state index is 0.0591. The first kappa shape index (κ1) is 18.2. The number of rotatable bonds is 5. The number of anilines is 2. The molecule has 1 aliphatic carbocycles. The third-order valence-corrected chi connectivity index (χ3v) is 5.71. The Morgan fingerprint density at radius 1 is 1.00 bits per heavy atom. The second-order valence-electron chi connectivity index (χ2n) is 7.83. The number of nitrogens with one attached hydrogen (secondary N) is 2. The summed E-state index contributed by atoms with van der Waals surface area (Å²) < 4.78 is 0. The molecule has 0 aromatic heterocycles. The zero-order valence-electron chi connectivity index (χ0n) is 15.6. The molecule has 2 N–H and O–H groups in total. The Labute approximate surface area is 152 Å². The second kappa shape index (κ2) is 9.23. The molecule has 2 aliphatic rings. The lowest BCUT2D eigenvalue weighted by molar-refractivity contribution is -0.115. The summed E-state index contributed by atoms with van der Waals surface area (Å²) >= 11 is 0. The van der Waals surface area contributed by atoms with Crippen molar-refractivity contribution < 1.29 is 4.79 Å². The van der Waals surface area contributed by atoms with Gasteiger partial charge in [0.05, 0.1) is 6.54 Å². The molecule has 0 atom stereocenters. The molecule has 0 spiro atoms. The van der Waals surface area contributed by atoms with E-state index in [1.54, 1.807) is 0 Å². The van der Waals surface area contributed by atoms with Gasteiger partial charge in [0.1, 0.15) is 0 Å². The van der Waals surface area contributed by atoms with Crippen LogP contribution in [-0.4, -0.2) is 31.6 Å². The van der Waals surface area contributed by atoms with E-state index in [0.717, 1.165) is 24.7 Å². The van der Waals surface area contributed by atoms with Crippen LogP contribution in [0.5, 0.6) is 0 Å². The maximum Gasteiger partial charge on any atom is 0.238 e. The minimum atomic E-state index is 0.0591. The topological polar surface area (TPSA) is 44.4 Å². The summed E-state index contributed by atoms with van der Waals surface area (Å²) in [6.07, 6.45) is 10.2. The van der Waals surface area contributed by atoms with Crippen molar-refractivity contribution in [3.05, 3.63) is 24.3 Å². The van der Waals surface area contributed by atoms with E-state index in [2.05, 4.69) is 34.6 Å². The molecule has 3 rings (SSSR count). The van der Waals surface area contributed by atoms with E-state index in [4.69, 9.17) is 0 Å². The zero-order chi connectivity index (χ0) is 17.5. The second-order valence-corrected chi connectivity index (χ2v) is 7.83. The molecule has 25 heavy (non-hydrogen) atoms. The molecule has 1 heterocycles. The van der Waals surface area contributed by atoms with Crippen molar-refractivity contribution in [2.45, 2.75) is 64.3 Å². The predicted octanol–water partition coefficient (Wildman–Crippen LogP) is 4.17. The molecule has 0 unspecified atom stereocenters. The predicted molar refractivity (Wildman–Crippen MR) is 105 cm³/mol. The zero-order valence-corrected chi connectivity index (χ0v) is 15.6. The van der Waals surface area contributed by atoms with Crippen LogP contribution in [0.2, 0.25) is 0 Å². The molecule has 0 bridgehead atoms. The molecule has 1 amide bonds. The number of amides is 1. The number of hydrogen-bond donors (Lipinski definition) is 2. The fraction of sp³-hybridized carbons (Fsp3) is 0.667. The summed E-state index contributed by atoms with van der Waals surface area (Å²) in [4.78, 5) is 14.6. The Balaban J connectivity index is 1.43. The van der Waals surface area contributed by atoms with Gasteiger partial charge in [0.15, 0.2) is 0 Å². The average molecular weight is 344 g/mol. The van der Waals surface area contributed by atoms with Gasteiger partial charge in [-0.2, -0.15) is 0 Å². The molecule has 1 saturated carbocycles. The number of carbonyl (C=O) groups is 1. The van der Waals surface area contributed by atoms with Gasteiger partial charge in [-0.25, -0.2) is 0 Å². The van der Waals surface area contributed by atoms with Crippen molar-refractivity contribution in [2.75, 3.05) is 29.9 Å². The Kier molecular flexibility index (Phi) is 6.74. The van der Waals surface area contributed by atoms with Crippen LogP contribution in [0.1, 0.15) is 58.3 Å². The highest BCUT2D eigenvalue weighted by Crippen LogP contribution is 2.24. The largest absolute Gasteiger partial charge is 0.372 e. The summed E-state index contributed by atoms with van der Waals surface area (Å²) in [6, 6.07) is 8.82. The van der Waals surface area contributed by atoms with Crippen LogP contribution in [0, 0.1) is 5.92 Å². The normalized spacial score (nSPS) is 20.3. The van der Waals surface area contributed by atoms with Crippen LogP contribution < -0.4 is 15.5 Å². The number of nitrogens with zero attached hydrogens (tertiary/aromatic N) is 1. The third kappa shape index (κ3) is 5.74. The fourth-order valence-electron chi connectivity index (χ4n) is 3.95. The molecule has 0 radical (unpaired) electrons. The first-order valence-electron chi connectivity index (χ1n) is 10.1. The number of benzene rings is 1. The summed E-state index contributed by atoms with van der Waals surface area (Å²) in [7, 11) is 0. The maximum atomic E-state index is 12.2. The van der Waals surface area contributed by atoms with E-state index < -0.39 is 0 Å². The third-order valence-electron chi connectivity index (χ3n) is 5.71. The molecule has 4 heteroatoms. The smallest absolute Gasteiger partial charge is 0.238 e. The van der Waals surface area contributed by atoms with Crippen molar-refractivity contribution in [2.24, 2.45) is 5.92 Å². The van der Waals surface area contributed by atoms with Gasteiger partial charge in [-0.3, -0.25) is 4.79 Å². The van der Waals surface area contributed by atoms with Crippen LogP contribution in [0.25, 0.3) is 0 Å². The Morgan fingerprint density at radius 2 is 1.64 bits per heavy atom. The molecule has 2 fully saturated rings. The summed E-state index contributed by atoms with van der Waals surface area (Å²) in [5.74, 6) is 0.902. The van der Waals surface area contributed by atoms with Gasteiger partial charge in [0, 0.05) is 30.5 Å². The van der Waals surface area contributed by atoms with Gasteiger partial charge >= 0.3 is 0 Å². The highest BCUT2D eigenvalue weighted by Gasteiger charge is 2.16. The van der Waals surface area contributed by atoms with Crippen molar-refractivity contribution >= 4 is 17.3 Å². The van der Waals surface area contributed by atoms with Crippen molar-refractivity contribution in [3.63, 3.8) is 0 Å². The maximum absolute atomic E-state index is 12.2. The highest BCUT2D eigenvalue weighted by molar-refractivity contribution is 5.92. The fourth-order valence-corrected chi connectivity index (χ4v) is 3.95. The molecule has 1 aromatic carbocycles. The first-order valence-corrected chi connectivity index (χ1v) is 10.1. The van der Waals surface area contributed by atoms with Gasteiger partial charge in [0.25, 0.3) is 0 Å². The summed E-state index contributed by atoms with van der Waals surface area (Å²) in [5.41, 5.74) is 2.16. The van der Waals surface area contributed by atoms with Crippen molar-refractivity contribution in [1.29, 1.82) is 0 Å². The molecule has 1 aliphatic heterocycles. The molecule has 4 nitrogen and oxygen atoms in total. The van der Waals surface area contributed by atoms with Gasteiger partial charge in [-0.1, -0.05) is 32.6 Å². The molecule has 1 aromatic rings. The lowest BCUT2D eigenvalue weighted by Crippen LogP contribution is -2.35. The van der Waals surface area contributed by atoms with Crippen LogP contribution in [0.3, 0.4) is 0 Å². The van der Waals surface area contributed by atoms with E-state index in [1.807, 2.05) is 12.1 Å². The number of hydrogen-bond acceptors (Lipinski definition) is 3. The monoisotopic (exact) mass is 343 g/mol.